The number of rotatable bonds is 2. The van der Waals surface area contributed by atoms with E-state index in [0.29, 0.717) is 17.3 Å². The molecule has 1 aromatic heterocycles. The van der Waals surface area contributed by atoms with Gasteiger partial charge in [0.05, 0.1) is 17.2 Å². The molecule has 1 saturated heterocycles. The minimum absolute atomic E-state index is 0.175. The van der Waals surface area contributed by atoms with Crippen LogP contribution in [0.2, 0.25) is 5.15 Å². The van der Waals surface area contributed by atoms with E-state index in [0.717, 1.165) is 18.5 Å². The standard InChI is InChI=1S/C10H13ClN2O2S/c11-10-4-3-9(12-13-10)6-8-2-1-5-16(14,15)7-8/h3-4,8H,1-2,5-7H2. The molecule has 2 rings (SSSR count). The maximum atomic E-state index is 11.4. The Morgan fingerprint density at radius 2 is 2.19 bits per heavy atom. The fourth-order valence-corrected chi connectivity index (χ4v) is 3.90. The number of sulfone groups is 1. The van der Waals surface area contributed by atoms with Crippen molar-refractivity contribution < 1.29 is 8.42 Å². The third kappa shape index (κ3) is 3.15. The SMILES string of the molecule is O=S1(=O)CCCC(Cc2ccc(Cl)nn2)C1. The van der Waals surface area contributed by atoms with E-state index >= 15 is 0 Å². The zero-order valence-electron chi connectivity index (χ0n) is 8.76. The highest BCUT2D eigenvalue weighted by Crippen LogP contribution is 2.21. The minimum Gasteiger partial charge on any atom is -0.229 e. The summed E-state index contributed by atoms with van der Waals surface area (Å²) in [6.07, 6.45) is 2.38. The fraction of sp³-hybridized carbons (Fsp3) is 0.600. The Labute approximate surface area is 100.0 Å². The van der Waals surface area contributed by atoms with Crippen molar-refractivity contribution in [1.82, 2.24) is 10.2 Å². The predicted octanol–water partition coefficient (Wildman–Crippen LogP) is 1.50. The van der Waals surface area contributed by atoms with Gasteiger partial charge in [0.1, 0.15) is 0 Å². The second-order valence-corrected chi connectivity index (χ2v) is 6.79. The molecule has 2 heterocycles. The number of nitrogens with zero attached hydrogens (tertiary/aromatic N) is 2. The summed E-state index contributed by atoms with van der Waals surface area (Å²) in [5.41, 5.74) is 0.812. The molecule has 4 nitrogen and oxygen atoms in total. The summed E-state index contributed by atoms with van der Waals surface area (Å²) in [6.45, 7) is 0. The second-order valence-electron chi connectivity index (χ2n) is 4.17. The van der Waals surface area contributed by atoms with Crippen LogP contribution in [0.5, 0.6) is 0 Å². The molecule has 88 valence electrons. The number of hydrogen-bond acceptors (Lipinski definition) is 4. The highest BCUT2D eigenvalue weighted by molar-refractivity contribution is 7.91. The summed E-state index contributed by atoms with van der Waals surface area (Å²) in [5.74, 6) is 0.779. The van der Waals surface area contributed by atoms with E-state index in [2.05, 4.69) is 10.2 Å². The molecule has 16 heavy (non-hydrogen) atoms. The first-order valence-electron chi connectivity index (χ1n) is 5.24. The lowest BCUT2D eigenvalue weighted by atomic mass is 9.99. The van der Waals surface area contributed by atoms with E-state index in [4.69, 9.17) is 11.6 Å². The average Bonchev–Trinajstić information content (AvgIpc) is 2.20. The van der Waals surface area contributed by atoms with Crippen molar-refractivity contribution in [3.63, 3.8) is 0 Å². The van der Waals surface area contributed by atoms with Crippen LogP contribution in [0.15, 0.2) is 12.1 Å². The molecule has 1 aliphatic heterocycles. The van der Waals surface area contributed by atoms with Gasteiger partial charge in [-0.05, 0) is 37.3 Å². The molecule has 0 amide bonds. The van der Waals surface area contributed by atoms with Gasteiger partial charge in [-0.25, -0.2) is 8.42 Å². The summed E-state index contributed by atoms with van der Waals surface area (Å²) in [7, 11) is -2.83. The number of aromatic nitrogens is 2. The average molecular weight is 261 g/mol. The lowest BCUT2D eigenvalue weighted by Crippen LogP contribution is -2.26. The molecule has 1 aliphatic rings. The van der Waals surface area contributed by atoms with E-state index < -0.39 is 9.84 Å². The molecule has 1 atom stereocenters. The van der Waals surface area contributed by atoms with Crippen molar-refractivity contribution in [2.24, 2.45) is 5.92 Å². The monoisotopic (exact) mass is 260 g/mol. The Hall–Kier alpha value is -0.680. The third-order valence-corrected chi connectivity index (χ3v) is 4.83. The van der Waals surface area contributed by atoms with Crippen molar-refractivity contribution in [2.45, 2.75) is 19.3 Å². The Balaban J connectivity index is 2.02. The van der Waals surface area contributed by atoms with Crippen LogP contribution in [-0.2, 0) is 16.3 Å². The van der Waals surface area contributed by atoms with Crippen LogP contribution in [0.25, 0.3) is 0 Å². The first-order valence-corrected chi connectivity index (χ1v) is 7.44. The zero-order valence-corrected chi connectivity index (χ0v) is 10.3. The molecule has 0 radical (unpaired) electrons. The molecule has 0 bridgehead atoms. The van der Waals surface area contributed by atoms with Crippen molar-refractivity contribution in [3.05, 3.63) is 23.0 Å². The Bertz CT molecular complexity index is 458. The maximum absolute atomic E-state index is 11.4. The Morgan fingerprint density at radius 1 is 1.38 bits per heavy atom. The van der Waals surface area contributed by atoms with Crippen LogP contribution >= 0.6 is 11.6 Å². The summed E-state index contributed by atoms with van der Waals surface area (Å²) in [6, 6.07) is 3.48. The first kappa shape index (κ1) is 11.8. The molecule has 6 heteroatoms. The van der Waals surface area contributed by atoms with Gasteiger partial charge in [0.15, 0.2) is 15.0 Å². The quantitative estimate of drug-likeness (QED) is 0.809. The van der Waals surface area contributed by atoms with E-state index in [1.165, 1.54) is 0 Å². The van der Waals surface area contributed by atoms with Crippen LogP contribution in [0.1, 0.15) is 18.5 Å². The van der Waals surface area contributed by atoms with Gasteiger partial charge >= 0.3 is 0 Å². The predicted molar refractivity (Wildman–Crippen MR) is 62.1 cm³/mol. The largest absolute Gasteiger partial charge is 0.229 e. The lowest BCUT2D eigenvalue weighted by Gasteiger charge is -2.21. The minimum atomic E-state index is -2.83. The molecule has 0 aromatic carbocycles. The van der Waals surface area contributed by atoms with Crippen LogP contribution in [-0.4, -0.2) is 30.1 Å². The van der Waals surface area contributed by atoms with E-state index in [1.807, 2.05) is 0 Å². The van der Waals surface area contributed by atoms with Gasteiger partial charge in [-0.3, -0.25) is 0 Å². The Kier molecular flexibility index (Phi) is 3.44. The molecule has 0 saturated carbocycles. The fourth-order valence-electron chi connectivity index (χ4n) is 2.03. The maximum Gasteiger partial charge on any atom is 0.151 e. The van der Waals surface area contributed by atoms with Gasteiger partial charge in [0, 0.05) is 0 Å². The van der Waals surface area contributed by atoms with Gasteiger partial charge in [-0.15, -0.1) is 5.10 Å². The molecule has 0 N–H and O–H groups in total. The molecular formula is C10H13ClN2O2S. The number of hydrogen-bond donors (Lipinski definition) is 0. The molecule has 1 fully saturated rings. The smallest absolute Gasteiger partial charge is 0.151 e. The van der Waals surface area contributed by atoms with E-state index in [1.54, 1.807) is 12.1 Å². The summed E-state index contributed by atoms with van der Waals surface area (Å²) in [4.78, 5) is 0. The number of halogens is 1. The van der Waals surface area contributed by atoms with Gasteiger partial charge in [-0.1, -0.05) is 11.6 Å². The summed E-state index contributed by atoms with van der Waals surface area (Å²) < 4.78 is 22.9. The molecule has 0 spiro atoms. The van der Waals surface area contributed by atoms with Crippen LogP contribution in [0.3, 0.4) is 0 Å². The summed E-state index contributed by atoms with van der Waals surface area (Å²) in [5, 5.41) is 8.05. The second kappa shape index (κ2) is 4.67. The zero-order chi connectivity index (χ0) is 11.6. The normalized spacial score (nSPS) is 24.2. The van der Waals surface area contributed by atoms with Crippen molar-refractivity contribution in [3.8, 4) is 0 Å². The summed E-state index contributed by atoms with van der Waals surface area (Å²) >= 11 is 5.63. The molecule has 0 aliphatic carbocycles. The topological polar surface area (TPSA) is 59.9 Å². The van der Waals surface area contributed by atoms with Gasteiger partial charge in [-0.2, -0.15) is 5.10 Å². The van der Waals surface area contributed by atoms with Gasteiger partial charge < -0.3 is 0 Å². The van der Waals surface area contributed by atoms with Gasteiger partial charge in [0.25, 0.3) is 0 Å². The highest BCUT2D eigenvalue weighted by Gasteiger charge is 2.25. The van der Waals surface area contributed by atoms with E-state index in [-0.39, 0.29) is 11.7 Å². The molecule has 1 aromatic rings. The molecule has 1 unspecified atom stereocenters. The Morgan fingerprint density at radius 3 is 2.81 bits per heavy atom. The first-order chi connectivity index (χ1) is 7.55. The molecular weight excluding hydrogens is 248 g/mol. The third-order valence-electron chi connectivity index (χ3n) is 2.74. The van der Waals surface area contributed by atoms with Crippen LogP contribution < -0.4 is 0 Å². The van der Waals surface area contributed by atoms with Crippen molar-refractivity contribution in [1.29, 1.82) is 0 Å². The van der Waals surface area contributed by atoms with Crippen molar-refractivity contribution >= 4 is 21.4 Å². The van der Waals surface area contributed by atoms with Crippen LogP contribution in [0.4, 0.5) is 0 Å². The van der Waals surface area contributed by atoms with Gasteiger partial charge in [0.2, 0.25) is 0 Å². The highest BCUT2D eigenvalue weighted by atomic mass is 35.5. The lowest BCUT2D eigenvalue weighted by molar-refractivity contribution is 0.478. The van der Waals surface area contributed by atoms with Crippen molar-refractivity contribution in [2.75, 3.05) is 11.5 Å². The van der Waals surface area contributed by atoms with E-state index in [9.17, 15) is 8.42 Å². The van der Waals surface area contributed by atoms with Crippen LogP contribution in [0, 0.1) is 5.92 Å².